The molecule has 5 aromatic rings. The summed E-state index contributed by atoms with van der Waals surface area (Å²) >= 11 is 0. The molecule has 2 N–H and O–H groups in total. The van der Waals surface area contributed by atoms with E-state index in [1.165, 1.54) is 18.4 Å². The Morgan fingerprint density at radius 1 is 0.946 bits per heavy atom. The molecular formula is C31H34N6. The number of aromatic nitrogens is 4. The lowest BCUT2D eigenvalue weighted by Gasteiger charge is -2.29. The van der Waals surface area contributed by atoms with Crippen molar-refractivity contribution in [2.45, 2.75) is 38.5 Å². The van der Waals surface area contributed by atoms with Crippen LogP contribution in [0.25, 0.3) is 38.9 Å². The molecule has 6 nitrogen and oxygen atoms in total. The van der Waals surface area contributed by atoms with E-state index in [9.17, 15) is 0 Å². The summed E-state index contributed by atoms with van der Waals surface area (Å²) in [5.41, 5.74) is 13.5. The van der Waals surface area contributed by atoms with Gasteiger partial charge in [0, 0.05) is 41.4 Å². The van der Waals surface area contributed by atoms with Gasteiger partial charge in [-0.1, -0.05) is 42.5 Å². The largest absolute Gasteiger partial charge is 0.382 e. The van der Waals surface area contributed by atoms with Gasteiger partial charge >= 0.3 is 0 Å². The number of pyridine rings is 1. The van der Waals surface area contributed by atoms with Crippen molar-refractivity contribution in [2.75, 3.05) is 26.4 Å². The molecule has 0 radical (unpaired) electrons. The number of rotatable bonds is 5. The molecule has 0 bridgehead atoms. The number of aryl methyl sites for hydroxylation is 1. The summed E-state index contributed by atoms with van der Waals surface area (Å²) in [7, 11) is 4.33. The maximum atomic E-state index is 6.46. The summed E-state index contributed by atoms with van der Waals surface area (Å²) in [6, 6.07) is 19.0. The fourth-order valence-corrected chi connectivity index (χ4v) is 6.00. The van der Waals surface area contributed by atoms with Crippen LogP contribution in [-0.4, -0.2) is 44.9 Å². The fraction of sp³-hybridized carbons (Fsp3) is 0.323. The van der Waals surface area contributed by atoms with Crippen LogP contribution in [0.1, 0.15) is 43.0 Å². The monoisotopic (exact) mass is 490 g/mol. The van der Waals surface area contributed by atoms with Crippen LogP contribution in [0.2, 0.25) is 0 Å². The highest BCUT2D eigenvalue weighted by Gasteiger charge is 2.28. The maximum absolute atomic E-state index is 6.46. The number of nitrogens with two attached hydrogens (primary N) is 1. The molecule has 0 atom stereocenters. The molecule has 0 spiro atoms. The van der Waals surface area contributed by atoms with Gasteiger partial charge in [-0.2, -0.15) is 0 Å². The normalized spacial score (nSPS) is 18.2. The minimum Gasteiger partial charge on any atom is -0.382 e. The van der Waals surface area contributed by atoms with Gasteiger partial charge in [-0.3, -0.25) is 4.40 Å². The fourth-order valence-electron chi connectivity index (χ4n) is 6.00. The van der Waals surface area contributed by atoms with E-state index in [1.807, 2.05) is 12.3 Å². The lowest BCUT2D eigenvalue weighted by atomic mass is 9.81. The quantitative estimate of drug-likeness (QED) is 0.311. The van der Waals surface area contributed by atoms with Crippen LogP contribution in [-0.2, 0) is 0 Å². The zero-order valence-electron chi connectivity index (χ0n) is 21.9. The average molecular weight is 491 g/mol. The van der Waals surface area contributed by atoms with Crippen LogP contribution < -0.4 is 5.73 Å². The van der Waals surface area contributed by atoms with Gasteiger partial charge in [0.15, 0.2) is 0 Å². The van der Waals surface area contributed by atoms with Gasteiger partial charge in [0.1, 0.15) is 22.9 Å². The second-order valence-electron chi connectivity index (χ2n) is 10.8. The lowest BCUT2D eigenvalue weighted by molar-refractivity contribution is 0.246. The Labute approximate surface area is 218 Å². The maximum Gasteiger partial charge on any atom is 0.150 e. The van der Waals surface area contributed by atoms with Crippen molar-refractivity contribution in [3.63, 3.8) is 0 Å². The summed E-state index contributed by atoms with van der Waals surface area (Å²) in [6.45, 7) is 3.31. The molecule has 0 saturated heterocycles. The standard InChI is InChI=1S/C31H34N6/c1-20-17-26(22-7-5-4-6-8-22)34-27-18-24(13-14-25(20)27)28-29-30(32)33-15-16-37(29)31(35-28)23-11-9-21(10-12-23)19-36(2)3/h4-8,13-18,21,23H,9-12,19H2,1-3H3,(H2,32,33). The molecule has 3 aromatic heterocycles. The first-order chi connectivity index (χ1) is 18.0. The van der Waals surface area contributed by atoms with Crippen molar-refractivity contribution in [3.05, 3.63) is 78.4 Å². The highest BCUT2D eigenvalue weighted by Crippen LogP contribution is 2.39. The van der Waals surface area contributed by atoms with Crippen LogP contribution in [0.4, 0.5) is 5.82 Å². The zero-order chi connectivity index (χ0) is 25.5. The molecule has 0 aliphatic heterocycles. The molecule has 1 fully saturated rings. The van der Waals surface area contributed by atoms with Crippen LogP contribution in [0, 0.1) is 12.8 Å². The molecule has 37 heavy (non-hydrogen) atoms. The Balaban J connectivity index is 1.42. The van der Waals surface area contributed by atoms with Gasteiger partial charge in [-0.05, 0) is 70.3 Å². The first-order valence-corrected chi connectivity index (χ1v) is 13.2. The number of hydrogen-bond donors (Lipinski definition) is 1. The van der Waals surface area contributed by atoms with E-state index in [0.29, 0.717) is 11.7 Å². The van der Waals surface area contributed by atoms with Crippen molar-refractivity contribution < 1.29 is 0 Å². The number of anilines is 1. The second kappa shape index (κ2) is 9.60. The van der Waals surface area contributed by atoms with Crippen molar-refractivity contribution in [1.82, 2.24) is 24.3 Å². The van der Waals surface area contributed by atoms with Crippen molar-refractivity contribution >= 4 is 22.2 Å². The predicted octanol–water partition coefficient (Wildman–Crippen LogP) is 6.34. The summed E-state index contributed by atoms with van der Waals surface area (Å²) in [4.78, 5) is 17.0. The van der Waals surface area contributed by atoms with Gasteiger partial charge in [0.25, 0.3) is 0 Å². The Kier molecular flexibility index (Phi) is 6.13. The molecule has 0 amide bonds. The van der Waals surface area contributed by atoms with E-state index in [2.05, 4.69) is 83.8 Å². The SMILES string of the molecule is Cc1cc(-c2ccccc2)nc2cc(-c3nc(C4CCC(CN(C)C)CC4)n4ccnc(N)c34)ccc12. The average Bonchev–Trinajstić information content (AvgIpc) is 3.30. The van der Waals surface area contributed by atoms with Gasteiger partial charge < -0.3 is 10.6 Å². The molecule has 0 unspecified atom stereocenters. The van der Waals surface area contributed by atoms with E-state index in [1.54, 1.807) is 6.20 Å². The summed E-state index contributed by atoms with van der Waals surface area (Å²) in [5.74, 6) is 2.80. The minimum absolute atomic E-state index is 0.423. The topological polar surface area (TPSA) is 72.3 Å². The zero-order valence-corrected chi connectivity index (χ0v) is 21.9. The Morgan fingerprint density at radius 3 is 2.49 bits per heavy atom. The molecule has 6 heteroatoms. The molecule has 2 aromatic carbocycles. The summed E-state index contributed by atoms with van der Waals surface area (Å²) in [6.07, 6.45) is 8.56. The number of nitrogen functional groups attached to an aromatic ring is 1. The van der Waals surface area contributed by atoms with E-state index in [4.69, 9.17) is 15.7 Å². The van der Waals surface area contributed by atoms with Gasteiger partial charge in [-0.25, -0.2) is 15.0 Å². The van der Waals surface area contributed by atoms with Crippen LogP contribution in [0.3, 0.4) is 0 Å². The first kappa shape index (κ1) is 23.6. The molecule has 1 aliphatic rings. The second-order valence-corrected chi connectivity index (χ2v) is 10.8. The van der Waals surface area contributed by atoms with E-state index in [-0.39, 0.29) is 0 Å². The Bertz CT molecular complexity index is 1560. The lowest BCUT2D eigenvalue weighted by Crippen LogP contribution is -2.25. The third kappa shape index (κ3) is 4.46. The number of fused-ring (bicyclic) bond motifs is 2. The first-order valence-electron chi connectivity index (χ1n) is 13.2. The van der Waals surface area contributed by atoms with Gasteiger partial charge in [0.2, 0.25) is 0 Å². The van der Waals surface area contributed by atoms with Gasteiger partial charge in [-0.15, -0.1) is 0 Å². The summed E-state index contributed by atoms with van der Waals surface area (Å²) in [5, 5.41) is 1.15. The van der Waals surface area contributed by atoms with Crippen molar-refractivity contribution in [3.8, 4) is 22.5 Å². The van der Waals surface area contributed by atoms with Crippen LogP contribution in [0.15, 0.2) is 67.0 Å². The molecule has 6 rings (SSSR count). The molecule has 1 saturated carbocycles. The highest BCUT2D eigenvalue weighted by atomic mass is 15.1. The number of hydrogen-bond acceptors (Lipinski definition) is 5. The third-order valence-electron chi connectivity index (χ3n) is 7.81. The van der Waals surface area contributed by atoms with E-state index < -0.39 is 0 Å². The van der Waals surface area contributed by atoms with E-state index >= 15 is 0 Å². The summed E-state index contributed by atoms with van der Waals surface area (Å²) < 4.78 is 2.18. The number of imidazole rings is 1. The van der Waals surface area contributed by atoms with Crippen LogP contribution >= 0.6 is 0 Å². The van der Waals surface area contributed by atoms with Crippen molar-refractivity contribution in [1.29, 1.82) is 0 Å². The molecular weight excluding hydrogens is 456 g/mol. The minimum atomic E-state index is 0.423. The van der Waals surface area contributed by atoms with Gasteiger partial charge in [0.05, 0.1) is 11.2 Å². The smallest absolute Gasteiger partial charge is 0.150 e. The van der Waals surface area contributed by atoms with E-state index in [0.717, 1.165) is 70.1 Å². The Hall–Kier alpha value is -3.77. The highest BCUT2D eigenvalue weighted by molar-refractivity contribution is 5.92. The molecule has 188 valence electrons. The van der Waals surface area contributed by atoms with Crippen LogP contribution in [0.5, 0.6) is 0 Å². The van der Waals surface area contributed by atoms with Crippen molar-refractivity contribution in [2.24, 2.45) is 5.92 Å². The molecule has 1 aliphatic carbocycles. The predicted molar refractivity (Wildman–Crippen MR) is 152 cm³/mol. The number of benzene rings is 2. The Morgan fingerprint density at radius 2 is 1.73 bits per heavy atom. The molecule has 3 heterocycles. The number of nitrogens with zero attached hydrogens (tertiary/aromatic N) is 5. The third-order valence-corrected chi connectivity index (χ3v) is 7.81.